The number of hydrogen-bond acceptors (Lipinski definition) is 6. The summed E-state index contributed by atoms with van der Waals surface area (Å²) in [7, 11) is 0. The van der Waals surface area contributed by atoms with E-state index in [1.807, 2.05) is 24.3 Å². The van der Waals surface area contributed by atoms with Crippen LogP contribution < -0.4 is 10.6 Å². The Labute approximate surface area is 232 Å². The molecule has 2 amide bonds. The number of hydrogen-bond donors (Lipinski definition) is 2. The number of piperidine rings is 1. The van der Waals surface area contributed by atoms with E-state index in [4.69, 9.17) is 0 Å². The van der Waals surface area contributed by atoms with Crippen LogP contribution in [-0.2, 0) is 11.2 Å². The van der Waals surface area contributed by atoms with Gasteiger partial charge in [-0.25, -0.2) is 8.78 Å². The van der Waals surface area contributed by atoms with Crippen LogP contribution in [0.5, 0.6) is 0 Å². The number of nitrogens with zero attached hydrogens (tertiary/aromatic N) is 3. The largest absolute Gasteiger partial charge is 0.375 e. The molecule has 1 saturated heterocycles. The number of benzene rings is 2. The summed E-state index contributed by atoms with van der Waals surface area (Å²) in [6.07, 6.45) is 3.74. The number of nitro groups is 1. The first-order chi connectivity index (χ1) is 18.7. The minimum atomic E-state index is -3.06. The van der Waals surface area contributed by atoms with Crippen molar-refractivity contribution >= 4 is 50.4 Å². The van der Waals surface area contributed by atoms with Crippen molar-refractivity contribution in [2.75, 3.05) is 25.0 Å². The summed E-state index contributed by atoms with van der Waals surface area (Å²) < 4.78 is 29.3. The lowest BCUT2D eigenvalue weighted by Gasteiger charge is -2.34. The van der Waals surface area contributed by atoms with Gasteiger partial charge < -0.3 is 15.5 Å². The molecule has 2 N–H and O–H groups in total. The quantitative estimate of drug-likeness (QED) is 0.132. The predicted octanol–water partition coefficient (Wildman–Crippen LogP) is 5.33. The van der Waals surface area contributed by atoms with E-state index >= 15 is 0 Å². The van der Waals surface area contributed by atoms with Gasteiger partial charge >= 0.3 is 0 Å². The molecule has 1 atom stereocenters. The number of nitro benzene ring substituents is 1. The van der Waals surface area contributed by atoms with E-state index < -0.39 is 23.7 Å². The smallest absolute Gasteiger partial charge is 0.293 e. The summed E-state index contributed by atoms with van der Waals surface area (Å²) in [5.74, 6) is -3.25. The van der Waals surface area contributed by atoms with Crippen molar-refractivity contribution in [2.24, 2.45) is 0 Å². The van der Waals surface area contributed by atoms with Gasteiger partial charge in [-0.15, -0.1) is 0 Å². The van der Waals surface area contributed by atoms with E-state index in [2.05, 4.69) is 31.5 Å². The number of amides is 2. The lowest BCUT2D eigenvalue weighted by atomic mass is 9.99. The Hall–Kier alpha value is -3.67. The van der Waals surface area contributed by atoms with Gasteiger partial charge in [-0.1, -0.05) is 40.2 Å². The molecule has 1 aliphatic rings. The first-order valence-corrected chi connectivity index (χ1v) is 13.4. The van der Waals surface area contributed by atoms with Crippen LogP contribution in [0.3, 0.4) is 0 Å². The molecule has 0 aliphatic carbocycles. The molecule has 2 aromatic carbocycles. The second kappa shape index (κ2) is 12.5. The number of carbonyl (C=O) groups is 2. The molecule has 0 spiro atoms. The van der Waals surface area contributed by atoms with Crippen molar-refractivity contribution in [3.05, 3.63) is 74.5 Å². The molecule has 1 unspecified atom stereocenters. The van der Waals surface area contributed by atoms with Crippen molar-refractivity contribution in [2.45, 2.75) is 44.1 Å². The van der Waals surface area contributed by atoms with Gasteiger partial charge in [0, 0.05) is 66.8 Å². The Kier molecular flexibility index (Phi) is 9.05. The van der Waals surface area contributed by atoms with E-state index in [1.54, 1.807) is 23.4 Å². The molecule has 39 heavy (non-hydrogen) atoms. The highest BCUT2D eigenvalue weighted by Crippen LogP contribution is 2.36. The number of nitrogens with one attached hydrogen (secondary N) is 2. The van der Waals surface area contributed by atoms with Crippen LogP contribution in [0.4, 0.5) is 20.2 Å². The van der Waals surface area contributed by atoms with Crippen molar-refractivity contribution < 1.29 is 23.3 Å². The lowest BCUT2D eigenvalue weighted by molar-refractivity contribution is -0.384. The molecule has 4 rings (SSSR count). The van der Waals surface area contributed by atoms with Gasteiger partial charge in [-0.2, -0.15) is 0 Å². The Balaban J connectivity index is 1.54. The molecule has 2 heterocycles. The zero-order chi connectivity index (χ0) is 28.0. The highest BCUT2D eigenvalue weighted by Gasteiger charge is 2.31. The third-order valence-corrected chi connectivity index (χ3v) is 7.25. The van der Waals surface area contributed by atoms with E-state index in [9.17, 15) is 28.5 Å². The van der Waals surface area contributed by atoms with Crippen LogP contribution in [0.2, 0.25) is 0 Å². The second-order valence-corrected chi connectivity index (χ2v) is 10.5. The fourth-order valence-electron chi connectivity index (χ4n) is 4.85. The summed E-state index contributed by atoms with van der Waals surface area (Å²) in [5, 5.41) is 19.0. The first-order valence-electron chi connectivity index (χ1n) is 12.6. The number of pyridine rings is 1. The third kappa shape index (κ3) is 7.05. The number of likely N-dealkylation sites (tertiary alicyclic amines) is 1. The summed E-state index contributed by atoms with van der Waals surface area (Å²) in [5.41, 5.74) is 0.805. The van der Waals surface area contributed by atoms with Crippen molar-refractivity contribution in [3.63, 3.8) is 0 Å². The average molecular weight is 604 g/mol. The topological polar surface area (TPSA) is 117 Å². The summed E-state index contributed by atoms with van der Waals surface area (Å²) in [6.45, 7) is 0.650. The fourth-order valence-corrected chi connectivity index (χ4v) is 5.35. The SMILES string of the molecule is O=CNCCC(F)(F)CCc1cc(Br)cc([N+](=O)[O-])c1NC1CCCN(C(=O)c2cncc3ccccc23)C1. The summed E-state index contributed by atoms with van der Waals surface area (Å²) >= 11 is 3.26. The minimum Gasteiger partial charge on any atom is -0.375 e. The predicted molar refractivity (Wildman–Crippen MR) is 147 cm³/mol. The second-order valence-electron chi connectivity index (χ2n) is 9.54. The normalized spacial score (nSPS) is 15.7. The van der Waals surface area contributed by atoms with Gasteiger partial charge in [-0.3, -0.25) is 24.7 Å². The Morgan fingerprint density at radius 3 is 2.82 bits per heavy atom. The van der Waals surface area contributed by atoms with Crippen LogP contribution in [0.25, 0.3) is 10.8 Å². The Morgan fingerprint density at radius 1 is 1.26 bits per heavy atom. The van der Waals surface area contributed by atoms with Gasteiger partial charge in [0.25, 0.3) is 11.6 Å². The number of anilines is 1. The highest BCUT2D eigenvalue weighted by molar-refractivity contribution is 9.10. The monoisotopic (exact) mass is 603 g/mol. The molecule has 206 valence electrons. The molecule has 0 radical (unpaired) electrons. The number of aromatic nitrogens is 1. The molecule has 1 fully saturated rings. The molecular weight excluding hydrogens is 576 g/mol. The van der Waals surface area contributed by atoms with Gasteiger partial charge in [0.1, 0.15) is 5.69 Å². The molecule has 0 bridgehead atoms. The maximum Gasteiger partial charge on any atom is 0.293 e. The van der Waals surface area contributed by atoms with Gasteiger partial charge in [0.05, 0.1) is 10.5 Å². The Bertz CT molecular complexity index is 1370. The van der Waals surface area contributed by atoms with Crippen LogP contribution in [-0.4, -0.2) is 58.7 Å². The number of rotatable bonds is 11. The number of carbonyl (C=O) groups excluding carboxylic acids is 2. The van der Waals surface area contributed by atoms with E-state index in [0.717, 1.165) is 10.8 Å². The first kappa shape index (κ1) is 28.3. The lowest BCUT2D eigenvalue weighted by Crippen LogP contribution is -2.45. The molecule has 12 heteroatoms. The maximum absolute atomic E-state index is 14.4. The van der Waals surface area contributed by atoms with Crippen LogP contribution in [0, 0.1) is 10.1 Å². The molecule has 9 nitrogen and oxygen atoms in total. The summed E-state index contributed by atoms with van der Waals surface area (Å²) in [4.78, 5) is 41.1. The average Bonchev–Trinajstić information content (AvgIpc) is 2.92. The molecular formula is C27H28BrF2N5O4. The van der Waals surface area contributed by atoms with Crippen molar-refractivity contribution in [1.82, 2.24) is 15.2 Å². The zero-order valence-electron chi connectivity index (χ0n) is 21.0. The molecule has 0 saturated carbocycles. The summed E-state index contributed by atoms with van der Waals surface area (Å²) in [6, 6.07) is 10.1. The molecule has 1 aromatic heterocycles. The van der Waals surface area contributed by atoms with E-state index in [1.165, 1.54) is 6.07 Å². The Morgan fingerprint density at radius 2 is 2.05 bits per heavy atom. The van der Waals surface area contributed by atoms with Crippen LogP contribution in [0.1, 0.15) is 41.6 Å². The minimum absolute atomic E-state index is 0.117. The highest BCUT2D eigenvalue weighted by atomic mass is 79.9. The van der Waals surface area contributed by atoms with Crippen molar-refractivity contribution in [3.8, 4) is 0 Å². The molecule has 1 aliphatic heterocycles. The van der Waals surface area contributed by atoms with Gasteiger partial charge in [0.15, 0.2) is 0 Å². The van der Waals surface area contributed by atoms with Crippen LogP contribution in [0.15, 0.2) is 53.3 Å². The number of alkyl halides is 2. The van der Waals surface area contributed by atoms with Crippen LogP contribution >= 0.6 is 15.9 Å². The molecule has 3 aromatic rings. The maximum atomic E-state index is 14.4. The fraction of sp³-hybridized carbons (Fsp3) is 0.370. The number of aryl methyl sites for hydroxylation is 1. The standard InChI is InChI=1S/C27H28BrF2N5O4/c28-20-12-18(7-8-27(29,30)9-10-31-17-36)25(24(13-20)35(38)39)33-21-5-3-11-34(16-21)26(37)23-15-32-14-19-4-1-2-6-22(19)23/h1-2,4,6,12-15,17,21,33H,3,5,7-11,16H2,(H,31,36). The van der Waals surface area contributed by atoms with E-state index in [0.29, 0.717) is 47.9 Å². The van der Waals surface area contributed by atoms with Crippen molar-refractivity contribution in [1.29, 1.82) is 0 Å². The van der Waals surface area contributed by atoms with E-state index in [-0.39, 0.29) is 36.3 Å². The number of fused-ring (bicyclic) bond motifs is 1. The van der Waals surface area contributed by atoms with Gasteiger partial charge in [0.2, 0.25) is 12.3 Å². The zero-order valence-corrected chi connectivity index (χ0v) is 22.6. The number of halogens is 3. The van der Waals surface area contributed by atoms with Gasteiger partial charge in [-0.05, 0) is 36.3 Å². The third-order valence-electron chi connectivity index (χ3n) is 6.79.